The first kappa shape index (κ1) is 15.9. The summed E-state index contributed by atoms with van der Waals surface area (Å²) in [6.45, 7) is 5.29. The second kappa shape index (κ2) is 5.55. The third kappa shape index (κ3) is 2.78. The molecule has 1 aliphatic rings. The molecule has 1 N–H and O–H groups in total. The Kier molecular flexibility index (Phi) is 3.67. The Morgan fingerprint density at radius 1 is 1.17 bits per heavy atom. The number of nitrogens with one attached hydrogen (secondary N) is 1. The van der Waals surface area contributed by atoms with Gasteiger partial charge in [0.25, 0.3) is 5.79 Å². The van der Waals surface area contributed by atoms with Crippen molar-refractivity contribution < 1.29 is 23.5 Å². The number of cyclic esters (lactones) is 2. The molecule has 1 aliphatic heterocycles. The lowest BCUT2D eigenvalue weighted by atomic mass is 10.2. The van der Waals surface area contributed by atoms with Crippen LogP contribution in [0.15, 0.2) is 39.2 Å². The van der Waals surface area contributed by atoms with Crippen molar-refractivity contribution in [1.29, 1.82) is 0 Å². The van der Waals surface area contributed by atoms with Crippen molar-refractivity contribution in [1.82, 2.24) is 4.57 Å². The molecule has 0 bridgehead atoms. The molecule has 8 nitrogen and oxygen atoms in total. The zero-order valence-corrected chi connectivity index (χ0v) is 13.4. The molecule has 2 aromatic rings. The van der Waals surface area contributed by atoms with E-state index in [2.05, 4.69) is 5.32 Å². The molecule has 0 saturated carbocycles. The van der Waals surface area contributed by atoms with Crippen molar-refractivity contribution >= 4 is 28.7 Å². The number of fused-ring (bicyclic) bond motifs is 1. The first-order chi connectivity index (χ1) is 11.3. The molecule has 3 rings (SSSR count). The monoisotopic (exact) mass is 332 g/mol. The van der Waals surface area contributed by atoms with Gasteiger partial charge in [-0.15, -0.1) is 0 Å². The first-order valence-electron chi connectivity index (χ1n) is 7.37. The second-order valence-electron chi connectivity index (χ2n) is 5.68. The maximum Gasteiger partial charge on any atom is 0.419 e. The standard InChI is InChI=1S/C16H16N2O6/c1-4-18-11-6-5-9(7-12(11)22-15(18)21)17-8-10-13(19)23-16(2,3)24-14(10)20/h5-8,17H,4H2,1-3H3. The summed E-state index contributed by atoms with van der Waals surface area (Å²) in [5, 5.41) is 2.81. The highest BCUT2D eigenvalue weighted by Gasteiger charge is 2.38. The van der Waals surface area contributed by atoms with Crippen molar-refractivity contribution in [2.45, 2.75) is 33.1 Å². The lowest BCUT2D eigenvalue weighted by Gasteiger charge is -2.29. The van der Waals surface area contributed by atoms with Crippen molar-refractivity contribution in [3.8, 4) is 0 Å². The molecule has 1 saturated heterocycles. The minimum atomic E-state index is -1.28. The highest BCUT2D eigenvalue weighted by molar-refractivity contribution is 6.15. The van der Waals surface area contributed by atoms with Gasteiger partial charge in [-0.25, -0.2) is 14.4 Å². The predicted molar refractivity (Wildman–Crippen MR) is 84.1 cm³/mol. The summed E-state index contributed by atoms with van der Waals surface area (Å²) in [5.74, 6) is -3.26. The molecular weight excluding hydrogens is 316 g/mol. The van der Waals surface area contributed by atoms with Crippen LogP contribution in [0.2, 0.25) is 0 Å². The predicted octanol–water partition coefficient (Wildman–Crippen LogP) is 1.75. The normalized spacial score (nSPS) is 16.7. The van der Waals surface area contributed by atoms with Gasteiger partial charge in [0.2, 0.25) is 0 Å². The number of ether oxygens (including phenoxy) is 2. The zero-order chi connectivity index (χ0) is 17.5. The maximum atomic E-state index is 11.8. The number of oxazole rings is 1. The zero-order valence-electron chi connectivity index (χ0n) is 13.4. The van der Waals surface area contributed by atoms with Gasteiger partial charge in [-0.2, -0.15) is 0 Å². The molecule has 8 heteroatoms. The highest BCUT2D eigenvalue weighted by Crippen LogP contribution is 2.23. The SMILES string of the molecule is CCn1c(=O)oc2cc(NC=C3C(=O)OC(C)(C)OC3=O)ccc21. The van der Waals surface area contributed by atoms with Crippen LogP contribution in [0, 0.1) is 0 Å². The third-order valence-corrected chi connectivity index (χ3v) is 3.48. The lowest BCUT2D eigenvalue weighted by molar-refractivity contribution is -0.222. The number of benzene rings is 1. The first-order valence-corrected chi connectivity index (χ1v) is 7.37. The number of aromatic nitrogens is 1. The molecule has 2 heterocycles. The molecule has 0 radical (unpaired) electrons. The number of nitrogens with zero attached hydrogens (tertiary/aromatic N) is 1. The molecule has 0 amide bonds. The summed E-state index contributed by atoms with van der Waals surface area (Å²) in [6, 6.07) is 5.01. The average molecular weight is 332 g/mol. The van der Waals surface area contributed by atoms with E-state index in [0.29, 0.717) is 23.3 Å². The van der Waals surface area contributed by atoms with E-state index in [1.165, 1.54) is 24.6 Å². The number of anilines is 1. The van der Waals surface area contributed by atoms with E-state index < -0.39 is 23.5 Å². The van der Waals surface area contributed by atoms with E-state index in [1.807, 2.05) is 6.92 Å². The summed E-state index contributed by atoms with van der Waals surface area (Å²) < 4.78 is 16.6. The molecule has 0 unspecified atom stereocenters. The quantitative estimate of drug-likeness (QED) is 0.519. The summed E-state index contributed by atoms with van der Waals surface area (Å²) in [6.07, 6.45) is 1.20. The van der Waals surface area contributed by atoms with Crippen LogP contribution in [0.25, 0.3) is 11.1 Å². The Balaban J connectivity index is 1.86. The van der Waals surface area contributed by atoms with Gasteiger partial charge >= 0.3 is 17.7 Å². The van der Waals surface area contributed by atoms with E-state index in [1.54, 1.807) is 18.2 Å². The topological polar surface area (TPSA) is 99.8 Å². The van der Waals surface area contributed by atoms with Crippen molar-refractivity contribution in [2.75, 3.05) is 5.32 Å². The van der Waals surface area contributed by atoms with E-state index in [-0.39, 0.29) is 5.57 Å². The number of aryl methyl sites for hydroxylation is 1. The summed E-state index contributed by atoms with van der Waals surface area (Å²) >= 11 is 0. The molecule has 1 aromatic heterocycles. The third-order valence-electron chi connectivity index (χ3n) is 3.48. The molecular formula is C16H16N2O6. The van der Waals surface area contributed by atoms with E-state index in [4.69, 9.17) is 13.9 Å². The van der Waals surface area contributed by atoms with E-state index in [0.717, 1.165) is 0 Å². The van der Waals surface area contributed by atoms with Crippen molar-refractivity contribution in [2.24, 2.45) is 0 Å². The molecule has 0 atom stereocenters. The van der Waals surface area contributed by atoms with Gasteiger partial charge in [-0.05, 0) is 19.1 Å². The molecule has 24 heavy (non-hydrogen) atoms. The molecule has 1 aromatic carbocycles. The lowest BCUT2D eigenvalue weighted by Crippen LogP contribution is -2.42. The van der Waals surface area contributed by atoms with Gasteiger partial charge < -0.3 is 19.2 Å². The van der Waals surface area contributed by atoms with Gasteiger partial charge in [-0.1, -0.05) is 0 Å². The fraction of sp³-hybridized carbons (Fsp3) is 0.312. The fourth-order valence-corrected chi connectivity index (χ4v) is 2.39. The highest BCUT2D eigenvalue weighted by atomic mass is 16.7. The Hall–Kier alpha value is -3.03. The van der Waals surface area contributed by atoms with Crippen LogP contribution in [0.3, 0.4) is 0 Å². The number of hydrogen-bond acceptors (Lipinski definition) is 7. The number of rotatable bonds is 3. The van der Waals surface area contributed by atoms with Gasteiger partial charge in [0.15, 0.2) is 11.2 Å². The van der Waals surface area contributed by atoms with E-state index >= 15 is 0 Å². The van der Waals surface area contributed by atoms with Gasteiger partial charge in [0.1, 0.15) is 0 Å². The van der Waals surface area contributed by atoms with Gasteiger partial charge in [0.05, 0.1) is 5.52 Å². The van der Waals surface area contributed by atoms with Gasteiger partial charge in [0, 0.05) is 38.3 Å². The summed E-state index contributed by atoms with van der Waals surface area (Å²) in [5.41, 5.74) is 1.36. The number of carbonyl (C=O) groups excluding carboxylic acids is 2. The molecule has 126 valence electrons. The fourth-order valence-electron chi connectivity index (χ4n) is 2.39. The van der Waals surface area contributed by atoms with Crippen LogP contribution in [0.5, 0.6) is 0 Å². The number of hydrogen-bond donors (Lipinski definition) is 1. The van der Waals surface area contributed by atoms with Crippen LogP contribution in [-0.2, 0) is 25.6 Å². The Labute approximate surface area is 136 Å². The van der Waals surface area contributed by atoms with Crippen LogP contribution in [0.4, 0.5) is 5.69 Å². The largest absolute Gasteiger partial charge is 0.419 e. The maximum absolute atomic E-state index is 11.8. The minimum Gasteiger partial charge on any atom is -0.419 e. The number of carbonyl (C=O) groups is 2. The second-order valence-corrected chi connectivity index (χ2v) is 5.68. The average Bonchev–Trinajstić information content (AvgIpc) is 2.79. The van der Waals surface area contributed by atoms with Crippen LogP contribution < -0.4 is 11.1 Å². The molecule has 0 aliphatic carbocycles. The van der Waals surface area contributed by atoms with Gasteiger partial charge in [-0.3, -0.25) is 4.57 Å². The van der Waals surface area contributed by atoms with E-state index in [9.17, 15) is 14.4 Å². The number of esters is 2. The summed E-state index contributed by atoms with van der Waals surface area (Å²) in [7, 11) is 0. The van der Waals surface area contributed by atoms with Crippen LogP contribution in [-0.4, -0.2) is 22.3 Å². The summed E-state index contributed by atoms with van der Waals surface area (Å²) in [4.78, 5) is 35.4. The van der Waals surface area contributed by atoms with Crippen molar-refractivity contribution in [3.63, 3.8) is 0 Å². The Bertz CT molecular complexity index is 896. The minimum absolute atomic E-state index is 0.248. The van der Waals surface area contributed by atoms with Crippen LogP contribution >= 0.6 is 0 Å². The molecule has 0 spiro atoms. The molecule has 1 fully saturated rings. The van der Waals surface area contributed by atoms with Crippen LogP contribution in [0.1, 0.15) is 20.8 Å². The Morgan fingerprint density at radius 2 is 1.83 bits per heavy atom. The Morgan fingerprint density at radius 3 is 2.46 bits per heavy atom. The smallest absolute Gasteiger partial charge is 0.419 e. The van der Waals surface area contributed by atoms with Crippen molar-refractivity contribution in [3.05, 3.63) is 40.5 Å².